The second kappa shape index (κ2) is 9.70. The Labute approximate surface area is 160 Å². The fraction of sp³-hybridized carbons (Fsp3) is 0.556. The number of hydrogen-bond acceptors (Lipinski definition) is 6. The number of nitrogens with two attached hydrogens (primary N) is 1. The molecule has 8 nitrogen and oxygen atoms in total. The van der Waals surface area contributed by atoms with E-state index in [-0.39, 0.29) is 17.3 Å². The van der Waals surface area contributed by atoms with Gasteiger partial charge >= 0.3 is 6.09 Å². The third-order valence-electron chi connectivity index (χ3n) is 3.52. The van der Waals surface area contributed by atoms with Gasteiger partial charge in [0.2, 0.25) is 5.91 Å². The van der Waals surface area contributed by atoms with E-state index in [0.717, 1.165) is 11.8 Å². The van der Waals surface area contributed by atoms with Gasteiger partial charge in [-0.15, -0.1) is 0 Å². The summed E-state index contributed by atoms with van der Waals surface area (Å²) in [5, 5.41) is 5.30. The molecule has 0 aliphatic rings. The highest BCUT2D eigenvalue weighted by Gasteiger charge is 2.23. The minimum absolute atomic E-state index is 0.206. The lowest BCUT2D eigenvalue weighted by Crippen LogP contribution is -2.48. The zero-order valence-corrected chi connectivity index (χ0v) is 17.1. The van der Waals surface area contributed by atoms with Crippen LogP contribution < -0.4 is 16.4 Å². The monoisotopic (exact) mass is 399 g/mol. The molecule has 1 rings (SSSR count). The lowest BCUT2D eigenvalue weighted by Gasteiger charge is -2.23. The normalized spacial score (nSPS) is 12.9. The Bertz CT molecular complexity index is 739. The van der Waals surface area contributed by atoms with Gasteiger partial charge in [0.25, 0.3) is 0 Å². The molecule has 0 aliphatic heterocycles. The van der Waals surface area contributed by atoms with Crippen LogP contribution in [0.2, 0.25) is 0 Å². The van der Waals surface area contributed by atoms with Crippen LogP contribution in [0.4, 0.5) is 4.79 Å². The van der Waals surface area contributed by atoms with Crippen molar-refractivity contribution in [2.45, 2.75) is 56.7 Å². The van der Waals surface area contributed by atoms with Gasteiger partial charge in [0, 0.05) is 12.8 Å². The number of carbonyl (C=O) groups is 2. The summed E-state index contributed by atoms with van der Waals surface area (Å²) >= 11 is 0. The van der Waals surface area contributed by atoms with Crippen LogP contribution in [0.1, 0.15) is 39.2 Å². The van der Waals surface area contributed by atoms with E-state index in [1.165, 1.54) is 12.1 Å². The molecule has 0 aliphatic carbocycles. The van der Waals surface area contributed by atoms with Crippen molar-refractivity contribution in [3.8, 4) is 0 Å². The van der Waals surface area contributed by atoms with E-state index in [4.69, 9.17) is 10.5 Å². The molecule has 1 aromatic carbocycles. The van der Waals surface area contributed by atoms with Gasteiger partial charge in [0.1, 0.15) is 11.6 Å². The molecule has 0 fully saturated rings. The molecule has 27 heavy (non-hydrogen) atoms. The van der Waals surface area contributed by atoms with Crippen molar-refractivity contribution in [1.29, 1.82) is 0 Å². The number of nitrogens with one attached hydrogen (secondary N) is 2. The standard InChI is InChI=1S/C18H29N3O5S/c1-18(2,3)26-17(23)21-15(6-5-11-19)16(22)20-12-13-7-9-14(10-8-13)27(4,24)25/h7-10,15H,5-6,11-12,19H2,1-4H3,(H,20,22)(H,21,23)/t15-/m0/s1. The van der Waals surface area contributed by atoms with E-state index < -0.39 is 27.6 Å². The fourth-order valence-corrected chi connectivity index (χ4v) is 2.84. The molecule has 152 valence electrons. The van der Waals surface area contributed by atoms with E-state index in [2.05, 4.69) is 10.6 Å². The highest BCUT2D eigenvalue weighted by atomic mass is 32.2. The number of amides is 2. The third-order valence-corrected chi connectivity index (χ3v) is 4.65. The number of carbonyl (C=O) groups excluding carboxylic acids is 2. The third kappa shape index (κ3) is 8.87. The molecule has 0 spiro atoms. The molecule has 0 unspecified atom stereocenters. The van der Waals surface area contributed by atoms with Crippen LogP contribution in [0.15, 0.2) is 29.2 Å². The SMILES string of the molecule is CC(C)(C)OC(=O)N[C@@H](CCCN)C(=O)NCc1ccc(S(C)(=O)=O)cc1. The van der Waals surface area contributed by atoms with E-state index in [0.29, 0.717) is 19.4 Å². The molecule has 0 heterocycles. The summed E-state index contributed by atoms with van der Waals surface area (Å²) in [5.74, 6) is -0.360. The molecular weight excluding hydrogens is 370 g/mol. The molecule has 1 atom stereocenters. The smallest absolute Gasteiger partial charge is 0.408 e. The molecular formula is C18H29N3O5S. The topological polar surface area (TPSA) is 128 Å². The first-order valence-electron chi connectivity index (χ1n) is 8.68. The fourth-order valence-electron chi connectivity index (χ4n) is 2.21. The van der Waals surface area contributed by atoms with Gasteiger partial charge in [-0.25, -0.2) is 13.2 Å². The van der Waals surface area contributed by atoms with Crippen LogP contribution in [0.5, 0.6) is 0 Å². The quantitative estimate of drug-likeness (QED) is 0.605. The maximum Gasteiger partial charge on any atom is 0.408 e. The van der Waals surface area contributed by atoms with E-state index in [9.17, 15) is 18.0 Å². The van der Waals surface area contributed by atoms with Crippen LogP contribution >= 0.6 is 0 Å². The molecule has 0 saturated carbocycles. The number of benzene rings is 1. The van der Waals surface area contributed by atoms with Crippen LogP contribution in [0, 0.1) is 0 Å². The summed E-state index contributed by atoms with van der Waals surface area (Å²) in [6.45, 7) is 5.82. The second-order valence-corrected chi connectivity index (χ2v) is 9.28. The number of rotatable bonds is 8. The molecule has 2 amide bonds. The minimum atomic E-state index is -3.26. The van der Waals surface area contributed by atoms with Crippen molar-refractivity contribution in [3.63, 3.8) is 0 Å². The Morgan fingerprint density at radius 2 is 1.78 bits per heavy atom. The number of sulfone groups is 1. The first-order chi connectivity index (χ1) is 12.4. The van der Waals surface area contributed by atoms with Crippen LogP contribution in [0.3, 0.4) is 0 Å². The highest BCUT2D eigenvalue weighted by molar-refractivity contribution is 7.90. The number of ether oxygens (including phenoxy) is 1. The molecule has 0 bridgehead atoms. The first-order valence-corrected chi connectivity index (χ1v) is 10.6. The Hall–Kier alpha value is -2.13. The van der Waals surface area contributed by atoms with Gasteiger partial charge in [-0.05, 0) is 57.9 Å². The highest BCUT2D eigenvalue weighted by Crippen LogP contribution is 2.11. The predicted molar refractivity (Wildman–Crippen MR) is 103 cm³/mol. The zero-order valence-electron chi connectivity index (χ0n) is 16.2. The van der Waals surface area contributed by atoms with E-state index >= 15 is 0 Å². The number of alkyl carbamates (subject to hydrolysis) is 1. The second-order valence-electron chi connectivity index (χ2n) is 7.26. The largest absolute Gasteiger partial charge is 0.444 e. The zero-order chi connectivity index (χ0) is 20.7. The van der Waals surface area contributed by atoms with Crippen LogP contribution in [-0.2, 0) is 25.9 Å². The summed E-state index contributed by atoms with van der Waals surface area (Å²) in [6, 6.07) is 5.47. The van der Waals surface area contributed by atoms with Crippen molar-refractivity contribution in [2.75, 3.05) is 12.8 Å². The maximum atomic E-state index is 12.4. The molecule has 1 aromatic rings. The Morgan fingerprint density at radius 3 is 2.26 bits per heavy atom. The van der Waals surface area contributed by atoms with Crippen molar-refractivity contribution in [2.24, 2.45) is 5.73 Å². The van der Waals surface area contributed by atoms with E-state index in [1.54, 1.807) is 32.9 Å². The average molecular weight is 400 g/mol. The van der Waals surface area contributed by atoms with E-state index in [1.807, 2.05) is 0 Å². The van der Waals surface area contributed by atoms with Gasteiger partial charge in [-0.1, -0.05) is 12.1 Å². The maximum absolute atomic E-state index is 12.4. The summed E-state index contributed by atoms with van der Waals surface area (Å²) in [7, 11) is -3.26. The van der Waals surface area contributed by atoms with Gasteiger partial charge in [-0.3, -0.25) is 4.79 Å². The van der Waals surface area contributed by atoms with Crippen LogP contribution in [0.25, 0.3) is 0 Å². The average Bonchev–Trinajstić information content (AvgIpc) is 2.54. The van der Waals surface area contributed by atoms with Crippen LogP contribution in [-0.4, -0.2) is 44.9 Å². The van der Waals surface area contributed by atoms with Gasteiger partial charge < -0.3 is 21.1 Å². The minimum Gasteiger partial charge on any atom is -0.444 e. The molecule has 4 N–H and O–H groups in total. The number of hydrogen-bond donors (Lipinski definition) is 3. The van der Waals surface area contributed by atoms with Gasteiger partial charge in [0.05, 0.1) is 4.90 Å². The Kier molecular flexibility index (Phi) is 8.23. The Morgan fingerprint density at radius 1 is 1.19 bits per heavy atom. The first kappa shape index (κ1) is 22.9. The summed E-state index contributed by atoms with van der Waals surface area (Å²) in [5.41, 5.74) is 5.57. The molecule has 9 heteroatoms. The molecule has 0 saturated heterocycles. The summed E-state index contributed by atoms with van der Waals surface area (Å²) in [6.07, 6.45) is 1.41. The van der Waals surface area contributed by atoms with Crippen molar-refractivity contribution in [3.05, 3.63) is 29.8 Å². The van der Waals surface area contributed by atoms with Gasteiger partial charge in [-0.2, -0.15) is 0 Å². The molecule has 0 radical (unpaired) electrons. The Balaban J connectivity index is 2.69. The summed E-state index contributed by atoms with van der Waals surface area (Å²) in [4.78, 5) is 24.6. The predicted octanol–water partition coefficient (Wildman–Crippen LogP) is 1.34. The van der Waals surface area contributed by atoms with Gasteiger partial charge in [0.15, 0.2) is 9.84 Å². The lowest BCUT2D eigenvalue weighted by molar-refractivity contribution is -0.123. The molecule has 0 aromatic heterocycles. The van der Waals surface area contributed by atoms with Crippen molar-refractivity contribution >= 4 is 21.8 Å². The lowest BCUT2D eigenvalue weighted by atomic mass is 10.1. The van der Waals surface area contributed by atoms with Crippen molar-refractivity contribution < 1.29 is 22.7 Å². The van der Waals surface area contributed by atoms with Crippen molar-refractivity contribution in [1.82, 2.24) is 10.6 Å². The summed E-state index contributed by atoms with van der Waals surface area (Å²) < 4.78 is 28.1.